The van der Waals surface area contributed by atoms with Crippen molar-refractivity contribution in [3.8, 4) is 0 Å². The summed E-state index contributed by atoms with van der Waals surface area (Å²) in [6.45, 7) is 1.51. The van der Waals surface area contributed by atoms with Crippen LogP contribution in [0.1, 0.15) is 16.8 Å². The molecule has 1 aromatic heterocycles. The molecular weight excluding hydrogens is 235 g/mol. The molecule has 0 aromatic carbocycles. The van der Waals surface area contributed by atoms with Crippen molar-refractivity contribution in [3.63, 3.8) is 0 Å². The third-order valence-electron chi connectivity index (χ3n) is 1.84. The van der Waals surface area contributed by atoms with Gasteiger partial charge in [-0.15, -0.1) is 5.10 Å². The maximum absolute atomic E-state index is 12.7. The Morgan fingerprint density at radius 2 is 2.06 bits per heavy atom. The Hall–Kier alpha value is -1.83. The minimum atomic E-state index is -4.54. The highest BCUT2D eigenvalue weighted by molar-refractivity contribution is 5.97. The first-order valence-corrected chi connectivity index (χ1v) is 4.58. The number of alkyl halides is 3. The van der Waals surface area contributed by atoms with Gasteiger partial charge in [0.25, 0.3) is 0 Å². The summed E-state index contributed by atoms with van der Waals surface area (Å²) in [4.78, 5) is 3.64. The van der Waals surface area contributed by atoms with Crippen LogP contribution in [0.25, 0.3) is 0 Å². The summed E-state index contributed by atoms with van der Waals surface area (Å²) in [5.41, 5.74) is 4.43. The van der Waals surface area contributed by atoms with Crippen LogP contribution in [0.2, 0.25) is 0 Å². The molecule has 0 radical (unpaired) electrons. The normalized spacial score (nSPS) is 12.7. The SMILES string of the molecule is Cc1cnc(/C(N)=N/N(C)N)c(C(F)(F)F)c1. The molecule has 1 rings (SSSR count). The van der Waals surface area contributed by atoms with Crippen LogP contribution in [0.15, 0.2) is 17.4 Å². The minimum Gasteiger partial charge on any atom is -0.380 e. The molecule has 0 unspecified atom stereocenters. The monoisotopic (exact) mass is 247 g/mol. The predicted octanol–water partition coefficient (Wildman–Crippen LogP) is 0.835. The second-order valence-electron chi connectivity index (χ2n) is 3.47. The molecule has 17 heavy (non-hydrogen) atoms. The van der Waals surface area contributed by atoms with Crippen molar-refractivity contribution in [3.05, 3.63) is 29.1 Å². The summed E-state index contributed by atoms with van der Waals surface area (Å²) in [6, 6.07) is 0.960. The predicted molar refractivity (Wildman–Crippen MR) is 56.7 cm³/mol. The quantitative estimate of drug-likeness (QED) is 0.351. The summed E-state index contributed by atoms with van der Waals surface area (Å²) in [7, 11) is 1.34. The number of aromatic nitrogens is 1. The molecule has 0 aliphatic rings. The first-order valence-electron chi connectivity index (χ1n) is 4.58. The van der Waals surface area contributed by atoms with E-state index in [4.69, 9.17) is 11.6 Å². The number of halogens is 3. The number of pyridine rings is 1. The lowest BCUT2D eigenvalue weighted by molar-refractivity contribution is -0.138. The molecule has 0 fully saturated rings. The molecule has 0 saturated carbocycles. The van der Waals surface area contributed by atoms with Crippen LogP contribution < -0.4 is 11.6 Å². The van der Waals surface area contributed by atoms with Crippen LogP contribution >= 0.6 is 0 Å². The van der Waals surface area contributed by atoms with Gasteiger partial charge >= 0.3 is 6.18 Å². The van der Waals surface area contributed by atoms with E-state index in [2.05, 4.69) is 10.1 Å². The Morgan fingerprint density at radius 1 is 1.47 bits per heavy atom. The summed E-state index contributed by atoms with van der Waals surface area (Å²) < 4.78 is 38.2. The Kier molecular flexibility index (Phi) is 3.56. The number of rotatable bonds is 2. The first kappa shape index (κ1) is 13.2. The van der Waals surface area contributed by atoms with E-state index in [1.54, 1.807) is 0 Å². The molecule has 0 bridgehead atoms. The fourth-order valence-corrected chi connectivity index (χ4v) is 1.21. The zero-order valence-electron chi connectivity index (χ0n) is 9.28. The van der Waals surface area contributed by atoms with Gasteiger partial charge in [-0.1, -0.05) is 0 Å². The second-order valence-corrected chi connectivity index (χ2v) is 3.47. The van der Waals surface area contributed by atoms with E-state index in [0.717, 1.165) is 11.2 Å². The van der Waals surface area contributed by atoms with Crippen molar-refractivity contribution in [2.24, 2.45) is 16.7 Å². The molecular formula is C9H12F3N5. The Balaban J connectivity index is 3.34. The maximum Gasteiger partial charge on any atom is 0.418 e. The van der Waals surface area contributed by atoms with E-state index >= 15 is 0 Å². The van der Waals surface area contributed by atoms with Gasteiger partial charge in [0.05, 0.1) is 5.56 Å². The van der Waals surface area contributed by atoms with Gasteiger partial charge in [0.1, 0.15) is 5.69 Å². The second kappa shape index (κ2) is 4.58. The van der Waals surface area contributed by atoms with Gasteiger partial charge in [-0.05, 0) is 18.6 Å². The van der Waals surface area contributed by atoms with Crippen molar-refractivity contribution in [2.75, 3.05) is 7.05 Å². The Labute approximate surface area is 95.9 Å². The van der Waals surface area contributed by atoms with Gasteiger partial charge in [0.15, 0.2) is 5.84 Å². The molecule has 1 heterocycles. The zero-order chi connectivity index (χ0) is 13.2. The standard InChI is InChI=1S/C9H12F3N5/c1-5-3-6(9(10,11)12)7(15-4-5)8(13)16-17(2)14/h3-4H,14H2,1-2H3,(H2,13,16). The fraction of sp³-hybridized carbons (Fsp3) is 0.333. The third kappa shape index (κ3) is 3.31. The van der Waals surface area contributed by atoms with E-state index < -0.39 is 17.4 Å². The summed E-state index contributed by atoms with van der Waals surface area (Å²) in [6.07, 6.45) is -3.26. The van der Waals surface area contributed by atoms with Crippen LogP contribution in [0.3, 0.4) is 0 Å². The van der Waals surface area contributed by atoms with E-state index in [1.807, 2.05) is 0 Å². The maximum atomic E-state index is 12.7. The smallest absolute Gasteiger partial charge is 0.380 e. The van der Waals surface area contributed by atoms with Gasteiger partial charge in [0.2, 0.25) is 0 Å². The number of amidine groups is 1. The molecule has 5 nitrogen and oxygen atoms in total. The van der Waals surface area contributed by atoms with Gasteiger partial charge in [-0.3, -0.25) is 4.98 Å². The van der Waals surface area contributed by atoms with Crippen molar-refractivity contribution in [1.29, 1.82) is 0 Å². The van der Waals surface area contributed by atoms with Crippen LogP contribution in [-0.4, -0.2) is 23.0 Å². The largest absolute Gasteiger partial charge is 0.418 e. The van der Waals surface area contributed by atoms with E-state index in [9.17, 15) is 13.2 Å². The lowest BCUT2D eigenvalue weighted by Crippen LogP contribution is -2.28. The minimum absolute atomic E-state index is 0.384. The van der Waals surface area contributed by atoms with Gasteiger partial charge in [0, 0.05) is 13.2 Å². The highest BCUT2D eigenvalue weighted by Crippen LogP contribution is 2.31. The van der Waals surface area contributed by atoms with Crippen molar-refractivity contribution in [1.82, 2.24) is 10.1 Å². The number of nitrogens with two attached hydrogens (primary N) is 2. The molecule has 0 atom stereocenters. The van der Waals surface area contributed by atoms with E-state index in [-0.39, 0.29) is 5.84 Å². The first-order chi connectivity index (χ1) is 7.71. The van der Waals surface area contributed by atoms with Crippen molar-refractivity contribution < 1.29 is 13.2 Å². The number of hydrogen-bond donors (Lipinski definition) is 2. The van der Waals surface area contributed by atoms with Crippen LogP contribution in [0.4, 0.5) is 13.2 Å². The van der Waals surface area contributed by atoms with Crippen molar-refractivity contribution >= 4 is 5.84 Å². The highest BCUT2D eigenvalue weighted by atomic mass is 19.4. The Morgan fingerprint density at radius 3 is 2.53 bits per heavy atom. The molecule has 8 heteroatoms. The zero-order valence-corrected chi connectivity index (χ0v) is 9.28. The van der Waals surface area contributed by atoms with Crippen LogP contribution in [0.5, 0.6) is 0 Å². The topological polar surface area (TPSA) is 80.5 Å². The number of hydrazone groups is 1. The number of nitrogens with zero attached hydrogens (tertiary/aromatic N) is 3. The Bertz CT molecular complexity index is 439. The highest BCUT2D eigenvalue weighted by Gasteiger charge is 2.35. The molecule has 0 spiro atoms. The van der Waals surface area contributed by atoms with Gasteiger partial charge < -0.3 is 5.73 Å². The van der Waals surface area contributed by atoms with Gasteiger partial charge in [-0.25, -0.2) is 11.0 Å². The summed E-state index contributed by atoms with van der Waals surface area (Å²) in [5.74, 6) is 4.79. The number of hydrogen-bond acceptors (Lipinski definition) is 4. The fourth-order valence-electron chi connectivity index (χ4n) is 1.21. The molecule has 1 aromatic rings. The molecule has 0 saturated heterocycles. The molecule has 0 amide bonds. The lowest BCUT2D eigenvalue weighted by atomic mass is 10.1. The average Bonchev–Trinajstić information content (AvgIpc) is 2.14. The molecule has 0 aliphatic carbocycles. The van der Waals surface area contributed by atoms with E-state index in [0.29, 0.717) is 5.56 Å². The van der Waals surface area contributed by atoms with Crippen LogP contribution in [-0.2, 0) is 6.18 Å². The molecule has 94 valence electrons. The number of hydrazine groups is 1. The lowest BCUT2D eigenvalue weighted by Gasteiger charge is -2.13. The molecule has 0 aliphatic heterocycles. The number of aryl methyl sites for hydroxylation is 1. The average molecular weight is 247 g/mol. The van der Waals surface area contributed by atoms with E-state index in [1.165, 1.54) is 20.2 Å². The third-order valence-corrected chi connectivity index (χ3v) is 1.84. The summed E-state index contributed by atoms with van der Waals surface area (Å²) in [5, 5.41) is 4.31. The van der Waals surface area contributed by atoms with Gasteiger partial charge in [-0.2, -0.15) is 13.2 Å². The summed E-state index contributed by atoms with van der Waals surface area (Å²) >= 11 is 0. The van der Waals surface area contributed by atoms with Crippen LogP contribution in [0, 0.1) is 6.92 Å². The molecule has 4 N–H and O–H groups in total. The van der Waals surface area contributed by atoms with Crippen molar-refractivity contribution in [2.45, 2.75) is 13.1 Å².